The smallest absolute Gasteiger partial charge is 0.410 e. The fourth-order valence-corrected chi connectivity index (χ4v) is 3.34. The van der Waals surface area contributed by atoms with Crippen LogP contribution in [0.2, 0.25) is 0 Å². The van der Waals surface area contributed by atoms with Crippen molar-refractivity contribution >= 4 is 47.0 Å². The molecule has 0 aliphatic carbocycles. The number of ether oxygens (including phenoxy) is 2. The van der Waals surface area contributed by atoms with Crippen molar-refractivity contribution in [3.63, 3.8) is 0 Å². The first-order chi connectivity index (χ1) is 15.9. The van der Waals surface area contributed by atoms with Gasteiger partial charge in [-0.05, 0) is 38.5 Å². The molecule has 0 unspecified atom stereocenters. The number of aliphatic carboxylic acids is 1. The van der Waals surface area contributed by atoms with Gasteiger partial charge in [-0.3, -0.25) is 14.9 Å². The molecule has 1 atom stereocenters. The Bertz CT molecular complexity index is 870. The van der Waals surface area contributed by atoms with Crippen molar-refractivity contribution < 1.29 is 33.9 Å². The number of rotatable bonds is 12. The van der Waals surface area contributed by atoms with Gasteiger partial charge in [0.15, 0.2) is 0 Å². The Morgan fingerprint density at radius 3 is 2.32 bits per heavy atom. The molecule has 0 aromatic heterocycles. The molecule has 0 aliphatic rings. The Morgan fingerprint density at radius 1 is 1.21 bits per heavy atom. The summed E-state index contributed by atoms with van der Waals surface area (Å²) in [5.41, 5.74) is -0.465. The lowest BCUT2D eigenvalue weighted by Crippen LogP contribution is -2.41. The van der Waals surface area contributed by atoms with Crippen LogP contribution < -0.4 is 5.32 Å². The third-order valence-electron chi connectivity index (χ3n) is 4.28. The molecule has 0 heterocycles. The molecule has 13 heteroatoms. The van der Waals surface area contributed by atoms with Gasteiger partial charge in [-0.1, -0.05) is 0 Å². The van der Waals surface area contributed by atoms with Crippen molar-refractivity contribution in [1.29, 1.82) is 0 Å². The molecule has 0 radical (unpaired) electrons. The highest BCUT2D eigenvalue weighted by Crippen LogP contribution is 2.23. The molecule has 34 heavy (non-hydrogen) atoms. The summed E-state index contributed by atoms with van der Waals surface area (Å²) in [5.74, 6) is -0.806. The number of nitrogens with one attached hydrogen (secondary N) is 1. The van der Waals surface area contributed by atoms with Crippen LogP contribution in [0.25, 0.3) is 0 Å². The molecule has 0 fully saturated rings. The minimum atomic E-state index is -1.20. The molecule has 0 bridgehead atoms. The molecule has 1 rings (SSSR count). The second kappa shape index (κ2) is 13.8. The highest BCUT2D eigenvalue weighted by molar-refractivity contribution is 6.18. The van der Waals surface area contributed by atoms with Crippen LogP contribution in [0, 0.1) is 10.1 Å². The van der Waals surface area contributed by atoms with Gasteiger partial charge in [0.05, 0.1) is 11.3 Å². The van der Waals surface area contributed by atoms with Gasteiger partial charge < -0.3 is 24.8 Å². The number of nitro benzene ring substituents is 1. The summed E-state index contributed by atoms with van der Waals surface area (Å²) in [6.07, 6.45) is -2.13. The molecule has 0 aliphatic heterocycles. The number of nitro groups is 1. The first-order valence-corrected chi connectivity index (χ1v) is 11.4. The van der Waals surface area contributed by atoms with E-state index in [9.17, 15) is 29.6 Å². The number of carbonyl (C=O) groups is 3. The molecule has 1 aromatic carbocycles. The highest BCUT2D eigenvalue weighted by Gasteiger charge is 2.25. The molecule has 2 amide bonds. The third-order valence-corrected chi connectivity index (χ3v) is 4.62. The number of amides is 2. The van der Waals surface area contributed by atoms with Crippen LogP contribution in [-0.2, 0) is 27.3 Å². The van der Waals surface area contributed by atoms with Gasteiger partial charge in [-0.2, -0.15) is 0 Å². The molecule has 190 valence electrons. The standard InChI is InChI=1S/C21H29Cl2N3O8/c1-21(2,3)34-19(29)24-16(12-18(27)28)11-15-10-14(4-5-17(15)26(31)32)13-33-20(30)25(8-6-22)9-7-23/h4-5,10,16H,6-9,11-13H2,1-3H3,(H,24,29)(H,27,28)/t16-/m0/s1. The zero-order valence-electron chi connectivity index (χ0n) is 19.2. The van der Waals surface area contributed by atoms with Crippen molar-refractivity contribution in [3.8, 4) is 0 Å². The molecule has 11 nitrogen and oxygen atoms in total. The predicted molar refractivity (Wildman–Crippen MR) is 125 cm³/mol. The minimum absolute atomic E-state index is 0.158. The number of hydrogen-bond donors (Lipinski definition) is 2. The summed E-state index contributed by atoms with van der Waals surface area (Å²) >= 11 is 11.4. The number of alkyl halides is 2. The summed E-state index contributed by atoms with van der Waals surface area (Å²) in [7, 11) is 0. The predicted octanol–water partition coefficient (Wildman–Crippen LogP) is 3.92. The number of carboxylic acid groups (broad SMARTS) is 1. The first-order valence-electron chi connectivity index (χ1n) is 10.4. The summed E-state index contributed by atoms with van der Waals surface area (Å²) in [4.78, 5) is 47.9. The quantitative estimate of drug-likeness (QED) is 0.238. The van der Waals surface area contributed by atoms with E-state index in [-0.39, 0.29) is 49.1 Å². The molecular formula is C21H29Cl2N3O8. The van der Waals surface area contributed by atoms with E-state index in [1.807, 2.05) is 0 Å². The summed E-state index contributed by atoms with van der Waals surface area (Å²) in [6, 6.07) is 3.12. The van der Waals surface area contributed by atoms with Gasteiger partial charge in [0.1, 0.15) is 12.2 Å². The zero-order valence-corrected chi connectivity index (χ0v) is 20.7. The molecule has 2 N–H and O–H groups in total. The maximum Gasteiger partial charge on any atom is 0.410 e. The Morgan fingerprint density at radius 2 is 1.82 bits per heavy atom. The van der Waals surface area contributed by atoms with Crippen LogP contribution in [0.3, 0.4) is 0 Å². The Balaban J connectivity index is 3.06. The Hall–Kier alpha value is -2.79. The summed E-state index contributed by atoms with van der Waals surface area (Å²) < 4.78 is 10.4. The minimum Gasteiger partial charge on any atom is -0.481 e. The number of alkyl carbamates (subject to hydrolysis) is 1. The number of halogens is 2. The van der Waals surface area contributed by atoms with Crippen LogP contribution in [0.4, 0.5) is 15.3 Å². The van der Waals surface area contributed by atoms with Gasteiger partial charge in [-0.15, -0.1) is 23.2 Å². The largest absolute Gasteiger partial charge is 0.481 e. The molecule has 1 aromatic rings. The number of carboxylic acids is 1. The van der Waals surface area contributed by atoms with Crippen LogP contribution >= 0.6 is 23.2 Å². The first kappa shape index (κ1) is 29.2. The molecule has 0 spiro atoms. The van der Waals surface area contributed by atoms with Crippen molar-refractivity contribution in [1.82, 2.24) is 10.2 Å². The van der Waals surface area contributed by atoms with E-state index in [0.717, 1.165) is 0 Å². The highest BCUT2D eigenvalue weighted by atomic mass is 35.5. The average Bonchev–Trinajstić information content (AvgIpc) is 2.69. The fourth-order valence-electron chi connectivity index (χ4n) is 2.93. The van der Waals surface area contributed by atoms with Crippen molar-refractivity contribution in [2.75, 3.05) is 24.8 Å². The number of hydrogen-bond acceptors (Lipinski definition) is 7. The summed E-state index contributed by atoms with van der Waals surface area (Å²) in [6.45, 7) is 5.24. The Kier molecular flexibility index (Phi) is 11.9. The normalized spacial score (nSPS) is 11.9. The second-order valence-corrected chi connectivity index (χ2v) is 9.04. The molecule has 0 saturated carbocycles. The molecular weight excluding hydrogens is 493 g/mol. The van der Waals surface area contributed by atoms with E-state index in [1.54, 1.807) is 20.8 Å². The average molecular weight is 522 g/mol. The van der Waals surface area contributed by atoms with Crippen LogP contribution in [0.1, 0.15) is 38.3 Å². The van der Waals surface area contributed by atoms with Gasteiger partial charge in [0.25, 0.3) is 5.69 Å². The van der Waals surface area contributed by atoms with Gasteiger partial charge >= 0.3 is 18.2 Å². The monoisotopic (exact) mass is 521 g/mol. The molecule has 0 saturated heterocycles. The lowest BCUT2D eigenvalue weighted by molar-refractivity contribution is -0.385. The van der Waals surface area contributed by atoms with E-state index in [0.29, 0.717) is 5.56 Å². The van der Waals surface area contributed by atoms with E-state index < -0.39 is 41.1 Å². The maximum absolute atomic E-state index is 12.2. The van der Waals surface area contributed by atoms with E-state index in [2.05, 4.69) is 5.32 Å². The van der Waals surface area contributed by atoms with Gasteiger partial charge in [-0.25, -0.2) is 9.59 Å². The Labute approximate surface area is 207 Å². The van der Waals surface area contributed by atoms with Crippen molar-refractivity contribution in [2.45, 2.75) is 51.9 Å². The topological polar surface area (TPSA) is 148 Å². The lowest BCUT2D eigenvalue weighted by Gasteiger charge is -2.23. The van der Waals surface area contributed by atoms with Crippen LogP contribution in [-0.4, -0.2) is 69.6 Å². The number of carbonyl (C=O) groups excluding carboxylic acids is 2. The van der Waals surface area contributed by atoms with Gasteiger partial charge in [0, 0.05) is 48.9 Å². The van der Waals surface area contributed by atoms with Gasteiger partial charge in [0.2, 0.25) is 0 Å². The SMILES string of the molecule is CC(C)(C)OC(=O)N[C@H](CC(=O)O)Cc1cc(COC(=O)N(CCCl)CCCl)ccc1[N+](=O)[O-]. The third kappa shape index (κ3) is 10.9. The zero-order chi connectivity index (χ0) is 25.9. The van der Waals surface area contributed by atoms with E-state index in [1.165, 1.54) is 23.1 Å². The van der Waals surface area contributed by atoms with Crippen molar-refractivity contribution in [2.24, 2.45) is 0 Å². The van der Waals surface area contributed by atoms with Crippen molar-refractivity contribution in [3.05, 3.63) is 39.4 Å². The van der Waals surface area contributed by atoms with Crippen LogP contribution in [0.15, 0.2) is 18.2 Å². The number of benzene rings is 1. The number of nitrogens with zero attached hydrogens (tertiary/aromatic N) is 2. The van der Waals surface area contributed by atoms with E-state index >= 15 is 0 Å². The lowest BCUT2D eigenvalue weighted by atomic mass is 9.99. The van der Waals surface area contributed by atoms with E-state index in [4.69, 9.17) is 32.7 Å². The maximum atomic E-state index is 12.2. The van der Waals surface area contributed by atoms with Crippen LogP contribution in [0.5, 0.6) is 0 Å². The fraction of sp³-hybridized carbons (Fsp3) is 0.571. The second-order valence-electron chi connectivity index (χ2n) is 8.28. The summed E-state index contributed by atoms with van der Waals surface area (Å²) in [5, 5.41) is 23.2.